The minimum atomic E-state index is -0.456. The summed E-state index contributed by atoms with van der Waals surface area (Å²) in [7, 11) is 0. The Kier molecular flexibility index (Phi) is 5.64. The molecule has 0 spiro atoms. The van der Waals surface area contributed by atoms with E-state index in [4.69, 9.17) is 21.1 Å². The van der Waals surface area contributed by atoms with Gasteiger partial charge < -0.3 is 20.1 Å². The molecule has 1 atom stereocenters. The minimum Gasteiger partial charge on any atom is -0.489 e. The number of thioether (sulfide) groups is 1. The second-order valence-corrected chi connectivity index (χ2v) is 8.18. The number of hydrogen-bond acceptors (Lipinski definition) is 5. The van der Waals surface area contributed by atoms with Crippen LogP contribution in [0.1, 0.15) is 18.4 Å². The van der Waals surface area contributed by atoms with E-state index in [0.717, 1.165) is 22.6 Å². The number of carbonyl (C=O) groups is 2. The van der Waals surface area contributed by atoms with Gasteiger partial charge in [0, 0.05) is 24.3 Å². The predicted molar refractivity (Wildman–Crippen MR) is 108 cm³/mol. The van der Waals surface area contributed by atoms with Gasteiger partial charge in [0.1, 0.15) is 0 Å². The maximum absolute atomic E-state index is 12.4. The molecule has 2 heterocycles. The lowest BCUT2D eigenvalue weighted by molar-refractivity contribution is -0.124. The molecule has 6 nitrogen and oxygen atoms in total. The summed E-state index contributed by atoms with van der Waals surface area (Å²) in [6.45, 7) is 1.42. The number of rotatable bonds is 4. The van der Waals surface area contributed by atoms with Crippen molar-refractivity contribution < 1.29 is 19.1 Å². The third-order valence-electron chi connectivity index (χ3n) is 4.43. The zero-order valence-corrected chi connectivity index (χ0v) is 16.6. The van der Waals surface area contributed by atoms with Gasteiger partial charge in [-0.3, -0.25) is 9.59 Å². The van der Waals surface area contributed by atoms with Gasteiger partial charge in [-0.05, 0) is 29.8 Å². The molecule has 0 saturated carbocycles. The number of anilines is 1. The SMILES string of the molecule is O=C(CC1Sc2ccccc2NC1=O)NCc1cc(Cl)c2c(c1)OCCCO2. The van der Waals surface area contributed by atoms with E-state index in [9.17, 15) is 9.59 Å². The van der Waals surface area contributed by atoms with Gasteiger partial charge in [0.15, 0.2) is 11.5 Å². The fourth-order valence-corrected chi connectivity index (χ4v) is 4.45. The summed E-state index contributed by atoms with van der Waals surface area (Å²) in [4.78, 5) is 25.6. The highest BCUT2D eigenvalue weighted by molar-refractivity contribution is 8.01. The van der Waals surface area contributed by atoms with E-state index < -0.39 is 5.25 Å². The van der Waals surface area contributed by atoms with E-state index in [1.165, 1.54) is 11.8 Å². The Morgan fingerprint density at radius 1 is 1.25 bits per heavy atom. The van der Waals surface area contributed by atoms with Crippen LogP contribution in [-0.4, -0.2) is 30.3 Å². The Labute approximate surface area is 171 Å². The first-order valence-corrected chi connectivity index (χ1v) is 10.3. The summed E-state index contributed by atoms with van der Waals surface area (Å²) in [5.74, 6) is 0.781. The smallest absolute Gasteiger partial charge is 0.238 e. The number of benzene rings is 2. The summed E-state index contributed by atoms with van der Waals surface area (Å²) >= 11 is 7.69. The van der Waals surface area contributed by atoms with Crippen molar-refractivity contribution in [2.24, 2.45) is 0 Å². The Bertz CT molecular complexity index is 921. The average Bonchev–Trinajstić information content (AvgIpc) is 2.93. The van der Waals surface area contributed by atoms with Crippen LogP contribution in [0, 0.1) is 0 Å². The number of carbonyl (C=O) groups excluding carboxylic acids is 2. The van der Waals surface area contributed by atoms with Crippen molar-refractivity contribution in [3.63, 3.8) is 0 Å². The maximum Gasteiger partial charge on any atom is 0.238 e. The zero-order valence-electron chi connectivity index (χ0n) is 15.0. The molecule has 2 aromatic carbocycles. The molecule has 0 bridgehead atoms. The van der Waals surface area contributed by atoms with E-state index in [0.29, 0.717) is 36.3 Å². The Morgan fingerprint density at radius 3 is 2.96 bits per heavy atom. The van der Waals surface area contributed by atoms with Gasteiger partial charge in [-0.1, -0.05) is 23.7 Å². The molecule has 0 saturated heterocycles. The van der Waals surface area contributed by atoms with Crippen LogP contribution in [0.2, 0.25) is 5.02 Å². The third kappa shape index (κ3) is 4.20. The topological polar surface area (TPSA) is 76.7 Å². The van der Waals surface area contributed by atoms with Gasteiger partial charge in [0.2, 0.25) is 11.8 Å². The second kappa shape index (κ2) is 8.32. The second-order valence-electron chi connectivity index (χ2n) is 6.53. The average molecular weight is 419 g/mol. The first-order chi connectivity index (χ1) is 13.6. The molecular formula is C20H19ClN2O4S. The van der Waals surface area contributed by atoms with Crippen molar-refractivity contribution in [1.82, 2.24) is 5.32 Å². The fourth-order valence-electron chi connectivity index (χ4n) is 3.05. The number of hydrogen-bond donors (Lipinski definition) is 2. The van der Waals surface area contributed by atoms with Crippen LogP contribution in [0.3, 0.4) is 0 Å². The normalized spacial score (nSPS) is 17.9. The summed E-state index contributed by atoms with van der Waals surface area (Å²) < 4.78 is 11.3. The number of ether oxygens (including phenoxy) is 2. The minimum absolute atomic E-state index is 0.100. The van der Waals surface area contributed by atoms with Crippen LogP contribution in [0.25, 0.3) is 0 Å². The highest BCUT2D eigenvalue weighted by atomic mass is 35.5. The van der Waals surface area contributed by atoms with E-state index in [1.807, 2.05) is 30.3 Å². The third-order valence-corrected chi connectivity index (χ3v) is 5.98. The maximum atomic E-state index is 12.4. The molecule has 2 aliphatic rings. The highest BCUT2D eigenvalue weighted by Gasteiger charge is 2.28. The quantitative estimate of drug-likeness (QED) is 0.793. The molecule has 4 rings (SSSR count). The van der Waals surface area contributed by atoms with Crippen molar-refractivity contribution in [3.8, 4) is 11.5 Å². The van der Waals surface area contributed by atoms with Crippen molar-refractivity contribution >= 4 is 40.9 Å². The molecule has 146 valence electrons. The van der Waals surface area contributed by atoms with E-state index >= 15 is 0 Å². The fraction of sp³-hybridized carbons (Fsp3) is 0.300. The molecule has 0 aromatic heterocycles. The van der Waals surface area contributed by atoms with Gasteiger partial charge in [-0.2, -0.15) is 0 Å². The monoisotopic (exact) mass is 418 g/mol. The van der Waals surface area contributed by atoms with Gasteiger partial charge in [0.05, 0.1) is 29.2 Å². The van der Waals surface area contributed by atoms with Crippen LogP contribution in [-0.2, 0) is 16.1 Å². The van der Waals surface area contributed by atoms with E-state index in [2.05, 4.69) is 10.6 Å². The standard InChI is InChI=1S/C20H19ClN2O4S/c21-13-8-12(9-15-19(13)27-7-3-6-26-15)11-22-18(24)10-17-20(25)23-14-4-1-2-5-16(14)28-17/h1-2,4-5,8-9,17H,3,6-7,10-11H2,(H,22,24)(H,23,25). The highest BCUT2D eigenvalue weighted by Crippen LogP contribution is 2.38. The molecule has 2 aliphatic heterocycles. The van der Waals surface area contributed by atoms with Crippen LogP contribution in [0.5, 0.6) is 11.5 Å². The molecule has 2 amide bonds. The molecule has 8 heteroatoms. The Morgan fingerprint density at radius 2 is 2.07 bits per heavy atom. The first kappa shape index (κ1) is 19.0. The first-order valence-electron chi connectivity index (χ1n) is 9.01. The predicted octanol–water partition coefficient (Wildman–Crippen LogP) is 3.62. The molecule has 0 aliphatic carbocycles. The molecule has 1 unspecified atom stereocenters. The Hall–Kier alpha value is -2.38. The number of amides is 2. The van der Waals surface area contributed by atoms with Crippen molar-refractivity contribution in [1.29, 1.82) is 0 Å². The number of para-hydroxylation sites is 1. The number of fused-ring (bicyclic) bond motifs is 2. The molecule has 28 heavy (non-hydrogen) atoms. The van der Waals surface area contributed by atoms with Crippen LogP contribution >= 0.6 is 23.4 Å². The number of halogens is 1. The van der Waals surface area contributed by atoms with Crippen molar-refractivity contribution in [2.75, 3.05) is 18.5 Å². The molecular weight excluding hydrogens is 400 g/mol. The van der Waals surface area contributed by atoms with Gasteiger partial charge in [-0.25, -0.2) is 0 Å². The molecule has 0 radical (unpaired) electrons. The van der Waals surface area contributed by atoms with Gasteiger partial charge in [-0.15, -0.1) is 11.8 Å². The van der Waals surface area contributed by atoms with E-state index in [-0.39, 0.29) is 18.2 Å². The van der Waals surface area contributed by atoms with Crippen LogP contribution < -0.4 is 20.1 Å². The largest absolute Gasteiger partial charge is 0.489 e. The lowest BCUT2D eigenvalue weighted by Gasteiger charge is -2.23. The summed E-state index contributed by atoms with van der Waals surface area (Å²) in [5.41, 5.74) is 1.60. The lowest BCUT2D eigenvalue weighted by atomic mass is 10.2. The summed E-state index contributed by atoms with van der Waals surface area (Å²) in [5, 5.41) is 5.71. The molecule has 2 aromatic rings. The van der Waals surface area contributed by atoms with Crippen LogP contribution in [0.15, 0.2) is 41.3 Å². The van der Waals surface area contributed by atoms with Gasteiger partial charge >= 0.3 is 0 Å². The van der Waals surface area contributed by atoms with Crippen molar-refractivity contribution in [2.45, 2.75) is 29.5 Å². The lowest BCUT2D eigenvalue weighted by Crippen LogP contribution is -2.34. The van der Waals surface area contributed by atoms with E-state index in [1.54, 1.807) is 6.07 Å². The van der Waals surface area contributed by atoms with Crippen molar-refractivity contribution in [3.05, 3.63) is 47.0 Å². The summed E-state index contributed by atoms with van der Waals surface area (Å²) in [6, 6.07) is 11.1. The summed E-state index contributed by atoms with van der Waals surface area (Å²) in [6.07, 6.45) is 0.893. The van der Waals surface area contributed by atoms with Crippen LogP contribution in [0.4, 0.5) is 5.69 Å². The Balaban J connectivity index is 1.37. The molecule has 2 N–H and O–H groups in total. The van der Waals surface area contributed by atoms with Gasteiger partial charge in [0.25, 0.3) is 0 Å². The number of nitrogens with one attached hydrogen (secondary N) is 2. The zero-order chi connectivity index (χ0) is 19.5. The molecule has 0 fully saturated rings.